The van der Waals surface area contributed by atoms with Crippen LogP contribution in [0.5, 0.6) is 0 Å². The number of para-hydroxylation sites is 2. The lowest BCUT2D eigenvalue weighted by Gasteiger charge is -2.10. The number of nitro benzene ring substituents is 1. The molecule has 0 unspecified atom stereocenters. The van der Waals surface area contributed by atoms with Crippen molar-refractivity contribution in [3.05, 3.63) is 94.0 Å². The van der Waals surface area contributed by atoms with Gasteiger partial charge in [0, 0.05) is 22.6 Å². The fraction of sp³-hybridized carbons (Fsp3) is 0.0476. The number of urea groups is 1. The average Bonchev–Trinajstić information content (AvgIpc) is 2.69. The number of carbonyl (C=O) groups excluding carboxylic acids is 2. The summed E-state index contributed by atoms with van der Waals surface area (Å²) in [6, 6.07) is 19.6. The van der Waals surface area contributed by atoms with Gasteiger partial charge in [0.15, 0.2) is 0 Å². The molecule has 0 heterocycles. The van der Waals surface area contributed by atoms with E-state index in [0.29, 0.717) is 22.6 Å². The highest BCUT2D eigenvalue weighted by Crippen LogP contribution is 2.24. The first-order valence-corrected chi connectivity index (χ1v) is 8.72. The SMILES string of the molecule is Cc1cccc(C(=O)Nc2ccc(NC(=O)Nc3ccccc3)cc2)c1[N+](=O)[O-]. The molecule has 146 valence electrons. The fourth-order valence-electron chi connectivity index (χ4n) is 2.73. The van der Waals surface area contributed by atoms with Crippen molar-refractivity contribution in [2.75, 3.05) is 16.0 Å². The number of nitrogens with one attached hydrogen (secondary N) is 3. The van der Waals surface area contributed by atoms with E-state index in [0.717, 1.165) is 0 Å². The molecule has 3 N–H and O–H groups in total. The number of anilines is 3. The molecule has 0 aliphatic carbocycles. The van der Waals surface area contributed by atoms with Crippen molar-refractivity contribution in [3.63, 3.8) is 0 Å². The van der Waals surface area contributed by atoms with Gasteiger partial charge in [-0.15, -0.1) is 0 Å². The van der Waals surface area contributed by atoms with Crippen LogP contribution in [0.2, 0.25) is 0 Å². The summed E-state index contributed by atoms with van der Waals surface area (Å²) in [5, 5.41) is 19.3. The van der Waals surface area contributed by atoms with Crippen molar-refractivity contribution in [1.29, 1.82) is 0 Å². The molecule has 0 aliphatic heterocycles. The summed E-state index contributed by atoms with van der Waals surface area (Å²) in [5.74, 6) is -0.581. The molecule has 0 fully saturated rings. The highest BCUT2D eigenvalue weighted by atomic mass is 16.6. The van der Waals surface area contributed by atoms with Crippen LogP contribution in [0.3, 0.4) is 0 Å². The van der Waals surface area contributed by atoms with E-state index in [1.54, 1.807) is 55.5 Å². The molecule has 0 atom stereocenters. The van der Waals surface area contributed by atoms with Gasteiger partial charge in [0.1, 0.15) is 5.56 Å². The molecule has 0 saturated heterocycles. The van der Waals surface area contributed by atoms with Gasteiger partial charge in [-0.3, -0.25) is 14.9 Å². The van der Waals surface area contributed by atoms with Gasteiger partial charge in [0.05, 0.1) is 4.92 Å². The van der Waals surface area contributed by atoms with E-state index in [1.807, 2.05) is 18.2 Å². The first kappa shape index (κ1) is 19.6. The molecule has 8 nitrogen and oxygen atoms in total. The molecular weight excluding hydrogens is 372 g/mol. The maximum atomic E-state index is 12.5. The molecule has 0 bridgehead atoms. The average molecular weight is 390 g/mol. The van der Waals surface area contributed by atoms with E-state index in [4.69, 9.17) is 0 Å². The Hall–Kier alpha value is -4.20. The lowest BCUT2D eigenvalue weighted by Crippen LogP contribution is -2.19. The number of amides is 3. The van der Waals surface area contributed by atoms with Crippen molar-refractivity contribution < 1.29 is 14.5 Å². The smallest absolute Gasteiger partial charge is 0.322 e. The van der Waals surface area contributed by atoms with E-state index in [9.17, 15) is 19.7 Å². The minimum Gasteiger partial charge on any atom is -0.322 e. The Bertz CT molecular complexity index is 1050. The van der Waals surface area contributed by atoms with Crippen molar-refractivity contribution in [2.24, 2.45) is 0 Å². The predicted molar refractivity (Wildman–Crippen MR) is 111 cm³/mol. The summed E-state index contributed by atoms with van der Waals surface area (Å²) in [6.45, 7) is 1.58. The number of rotatable bonds is 5. The second-order valence-corrected chi connectivity index (χ2v) is 6.20. The molecule has 0 radical (unpaired) electrons. The Balaban J connectivity index is 1.65. The second-order valence-electron chi connectivity index (χ2n) is 6.20. The van der Waals surface area contributed by atoms with Crippen LogP contribution in [0.4, 0.5) is 27.5 Å². The normalized spacial score (nSPS) is 10.1. The number of nitro groups is 1. The zero-order valence-corrected chi connectivity index (χ0v) is 15.5. The molecule has 3 amide bonds. The van der Waals surface area contributed by atoms with Gasteiger partial charge >= 0.3 is 6.03 Å². The minimum atomic E-state index is -0.581. The topological polar surface area (TPSA) is 113 Å². The molecular formula is C21H18N4O4. The molecule has 8 heteroatoms. The molecule has 3 aromatic carbocycles. The highest BCUT2D eigenvalue weighted by Gasteiger charge is 2.22. The number of hydrogen-bond acceptors (Lipinski definition) is 4. The second kappa shape index (κ2) is 8.66. The van der Waals surface area contributed by atoms with Crippen LogP contribution in [0.15, 0.2) is 72.8 Å². The molecule has 0 aromatic heterocycles. The van der Waals surface area contributed by atoms with Crippen LogP contribution >= 0.6 is 0 Å². The van der Waals surface area contributed by atoms with Gasteiger partial charge in [0.25, 0.3) is 11.6 Å². The lowest BCUT2D eigenvalue weighted by atomic mass is 10.1. The predicted octanol–water partition coefficient (Wildman–Crippen LogP) is 4.80. The van der Waals surface area contributed by atoms with Crippen molar-refractivity contribution in [1.82, 2.24) is 0 Å². The van der Waals surface area contributed by atoms with Crippen molar-refractivity contribution in [3.8, 4) is 0 Å². The third-order valence-electron chi connectivity index (χ3n) is 4.10. The van der Waals surface area contributed by atoms with Crippen LogP contribution in [-0.2, 0) is 0 Å². The molecule has 3 aromatic rings. The van der Waals surface area contributed by atoms with Gasteiger partial charge in [-0.2, -0.15) is 0 Å². The first-order valence-electron chi connectivity index (χ1n) is 8.72. The third kappa shape index (κ3) is 4.95. The number of benzene rings is 3. The van der Waals surface area contributed by atoms with Crippen molar-refractivity contribution >= 4 is 34.7 Å². The Labute approximate surface area is 166 Å². The minimum absolute atomic E-state index is 0.0144. The van der Waals surface area contributed by atoms with Gasteiger partial charge in [0.2, 0.25) is 0 Å². The van der Waals surface area contributed by atoms with Crippen LogP contribution in [0.1, 0.15) is 15.9 Å². The van der Waals surface area contributed by atoms with E-state index in [-0.39, 0.29) is 11.3 Å². The summed E-state index contributed by atoms with van der Waals surface area (Å²) in [6.07, 6.45) is 0. The van der Waals surface area contributed by atoms with E-state index >= 15 is 0 Å². The van der Waals surface area contributed by atoms with E-state index < -0.39 is 16.9 Å². The van der Waals surface area contributed by atoms with Gasteiger partial charge in [-0.1, -0.05) is 30.3 Å². The fourth-order valence-corrected chi connectivity index (χ4v) is 2.73. The molecule has 0 spiro atoms. The van der Waals surface area contributed by atoms with Gasteiger partial charge in [-0.05, 0) is 49.4 Å². The Morgan fingerprint density at radius 2 is 1.31 bits per heavy atom. The maximum absolute atomic E-state index is 12.5. The van der Waals surface area contributed by atoms with Crippen molar-refractivity contribution in [2.45, 2.75) is 6.92 Å². The Morgan fingerprint density at radius 1 is 0.759 bits per heavy atom. The number of nitrogens with zero attached hydrogens (tertiary/aromatic N) is 1. The summed E-state index contributed by atoms with van der Waals surface area (Å²) in [4.78, 5) is 35.2. The van der Waals surface area contributed by atoms with Gasteiger partial charge in [-0.25, -0.2) is 4.79 Å². The summed E-state index contributed by atoms with van der Waals surface area (Å²) in [7, 11) is 0. The van der Waals surface area contributed by atoms with Crippen LogP contribution in [0, 0.1) is 17.0 Å². The van der Waals surface area contributed by atoms with Crippen LogP contribution < -0.4 is 16.0 Å². The van der Waals surface area contributed by atoms with E-state index in [1.165, 1.54) is 6.07 Å². The maximum Gasteiger partial charge on any atom is 0.323 e. The quantitative estimate of drug-likeness (QED) is 0.429. The summed E-state index contributed by atoms with van der Waals surface area (Å²) >= 11 is 0. The standard InChI is InChI=1S/C21H18N4O4/c1-14-6-5-9-18(19(14)25(28)29)20(26)22-16-10-12-17(13-11-16)24-21(27)23-15-7-3-2-4-8-15/h2-13H,1H3,(H,22,26)(H2,23,24,27). The summed E-state index contributed by atoms with van der Waals surface area (Å²) < 4.78 is 0. The zero-order chi connectivity index (χ0) is 20.8. The zero-order valence-electron chi connectivity index (χ0n) is 15.5. The Morgan fingerprint density at radius 3 is 1.90 bits per heavy atom. The largest absolute Gasteiger partial charge is 0.323 e. The lowest BCUT2D eigenvalue weighted by molar-refractivity contribution is -0.385. The van der Waals surface area contributed by atoms with Gasteiger partial charge < -0.3 is 16.0 Å². The van der Waals surface area contributed by atoms with Crippen LogP contribution in [0.25, 0.3) is 0 Å². The monoisotopic (exact) mass is 390 g/mol. The Kier molecular flexibility index (Phi) is 5.84. The molecule has 0 saturated carbocycles. The molecule has 29 heavy (non-hydrogen) atoms. The first-order chi connectivity index (χ1) is 13.9. The number of hydrogen-bond donors (Lipinski definition) is 3. The van der Waals surface area contributed by atoms with E-state index in [2.05, 4.69) is 16.0 Å². The third-order valence-corrected chi connectivity index (χ3v) is 4.10. The number of carbonyl (C=O) groups is 2. The molecule has 0 aliphatic rings. The highest BCUT2D eigenvalue weighted by molar-refractivity contribution is 6.07. The number of aryl methyl sites for hydroxylation is 1. The van der Waals surface area contributed by atoms with Crippen LogP contribution in [-0.4, -0.2) is 16.9 Å². The molecule has 3 rings (SSSR count). The summed E-state index contributed by atoms with van der Waals surface area (Å²) in [5.41, 5.74) is 1.80.